The number of esters is 1. The minimum absolute atomic E-state index is 0.289. The second-order valence-electron chi connectivity index (χ2n) is 6.65. The van der Waals surface area contributed by atoms with Crippen LogP contribution in [0.5, 0.6) is 5.75 Å². The third-order valence-electron chi connectivity index (χ3n) is 5.09. The lowest BCUT2D eigenvalue weighted by molar-refractivity contribution is -0.143. The number of pyridine rings is 1. The second-order valence-corrected chi connectivity index (χ2v) is 6.65. The van der Waals surface area contributed by atoms with Crippen molar-refractivity contribution in [1.29, 1.82) is 0 Å². The molecule has 0 N–H and O–H groups in total. The summed E-state index contributed by atoms with van der Waals surface area (Å²) < 4.78 is 11.0. The Labute approximate surface area is 158 Å². The number of allylic oxidation sites excluding steroid dienone is 1. The minimum Gasteiger partial charge on any atom is -0.471 e. The molecule has 3 heterocycles. The highest BCUT2D eigenvalue weighted by Gasteiger charge is 2.44. The normalized spacial score (nSPS) is 21.4. The van der Waals surface area contributed by atoms with Crippen molar-refractivity contribution in [1.82, 2.24) is 4.98 Å². The number of carbonyl (C=O) groups excluding carboxylic acids is 1. The Hall–Kier alpha value is -3.15. The summed E-state index contributed by atoms with van der Waals surface area (Å²) in [6.07, 6.45) is 3.54. The number of hydrogen-bond acceptors (Lipinski definition) is 6. The number of methoxy groups -OCH3 is 1. The van der Waals surface area contributed by atoms with Crippen LogP contribution < -0.4 is 9.64 Å². The number of fused-ring (bicyclic) bond motifs is 1. The fourth-order valence-corrected chi connectivity index (χ4v) is 3.92. The molecule has 1 aromatic carbocycles. The van der Waals surface area contributed by atoms with Gasteiger partial charge in [0.2, 0.25) is 0 Å². The Kier molecular flexibility index (Phi) is 4.39. The van der Waals surface area contributed by atoms with Crippen molar-refractivity contribution in [2.24, 2.45) is 10.9 Å². The Balaban J connectivity index is 1.90. The van der Waals surface area contributed by atoms with E-state index in [9.17, 15) is 4.79 Å². The average Bonchev–Trinajstić information content (AvgIpc) is 3.11. The lowest BCUT2D eigenvalue weighted by atomic mass is 9.82. The average molecular weight is 363 g/mol. The number of aromatic nitrogens is 1. The first-order valence-corrected chi connectivity index (χ1v) is 8.84. The van der Waals surface area contributed by atoms with E-state index in [1.54, 1.807) is 12.4 Å². The van der Waals surface area contributed by atoms with Gasteiger partial charge in [0, 0.05) is 29.4 Å². The van der Waals surface area contributed by atoms with Gasteiger partial charge in [0.25, 0.3) is 0 Å². The van der Waals surface area contributed by atoms with E-state index in [1.165, 1.54) is 7.11 Å². The molecule has 4 rings (SSSR count). The number of nitrogens with zero attached hydrogens (tertiary/aromatic N) is 3. The van der Waals surface area contributed by atoms with Gasteiger partial charge in [-0.3, -0.25) is 14.8 Å². The zero-order valence-corrected chi connectivity index (χ0v) is 15.5. The van der Waals surface area contributed by atoms with Crippen LogP contribution in [0.3, 0.4) is 0 Å². The first-order chi connectivity index (χ1) is 13.1. The molecule has 2 atom stereocenters. The molecule has 2 unspecified atom stereocenters. The van der Waals surface area contributed by atoms with Gasteiger partial charge in [0.05, 0.1) is 18.8 Å². The highest BCUT2D eigenvalue weighted by Crippen LogP contribution is 2.43. The Morgan fingerprint density at radius 3 is 2.78 bits per heavy atom. The van der Waals surface area contributed by atoms with Crippen LogP contribution in [0.1, 0.15) is 19.4 Å². The molecule has 0 radical (unpaired) electrons. The van der Waals surface area contributed by atoms with E-state index in [4.69, 9.17) is 9.47 Å². The summed E-state index contributed by atoms with van der Waals surface area (Å²) in [6.45, 7) is 4.21. The van der Waals surface area contributed by atoms with Crippen LogP contribution in [0, 0.1) is 5.92 Å². The van der Waals surface area contributed by atoms with E-state index in [0.29, 0.717) is 6.73 Å². The van der Waals surface area contributed by atoms with E-state index >= 15 is 0 Å². The van der Waals surface area contributed by atoms with E-state index < -0.39 is 5.92 Å². The van der Waals surface area contributed by atoms with Crippen molar-refractivity contribution in [2.45, 2.75) is 19.9 Å². The van der Waals surface area contributed by atoms with Crippen LogP contribution in [0.2, 0.25) is 0 Å². The molecule has 138 valence electrons. The zero-order valence-electron chi connectivity index (χ0n) is 15.5. The Morgan fingerprint density at radius 1 is 1.22 bits per heavy atom. The van der Waals surface area contributed by atoms with Crippen molar-refractivity contribution in [3.05, 3.63) is 60.1 Å². The van der Waals surface area contributed by atoms with Gasteiger partial charge < -0.3 is 14.4 Å². The largest absolute Gasteiger partial charge is 0.471 e. The van der Waals surface area contributed by atoms with Crippen LogP contribution in [0.4, 0.5) is 5.69 Å². The zero-order chi connectivity index (χ0) is 19.0. The van der Waals surface area contributed by atoms with E-state index in [1.807, 2.05) is 50.2 Å². The molecule has 0 fully saturated rings. The Morgan fingerprint density at radius 2 is 2.04 bits per heavy atom. The monoisotopic (exact) mass is 363 g/mol. The van der Waals surface area contributed by atoms with Crippen LogP contribution in [-0.2, 0) is 9.53 Å². The molecule has 1 aromatic heterocycles. The van der Waals surface area contributed by atoms with Crippen molar-refractivity contribution < 1.29 is 14.3 Å². The van der Waals surface area contributed by atoms with Gasteiger partial charge >= 0.3 is 5.97 Å². The van der Waals surface area contributed by atoms with E-state index in [2.05, 4.69) is 14.9 Å². The maximum absolute atomic E-state index is 12.7. The molecular weight excluding hydrogens is 342 g/mol. The highest BCUT2D eigenvalue weighted by molar-refractivity contribution is 6.07. The number of benzene rings is 1. The maximum atomic E-state index is 12.7. The van der Waals surface area contributed by atoms with Gasteiger partial charge in [-0.2, -0.15) is 0 Å². The van der Waals surface area contributed by atoms with Gasteiger partial charge in [-0.1, -0.05) is 18.2 Å². The van der Waals surface area contributed by atoms with Crippen LogP contribution >= 0.6 is 0 Å². The van der Waals surface area contributed by atoms with Crippen molar-refractivity contribution in [2.75, 3.05) is 18.7 Å². The molecule has 6 nitrogen and oxygen atoms in total. The number of hydrogen-bond donors (Lipinski definition) is 0. The van der Waals surface area contributed by atoms with Crippen LogP contribution in [0.25, 0.3) is 5.57 Å². The fraction of sp³-hybridized carbons (Fsp3) is 0.286. The van der Waals surface area contributed by atoms with E-state index in [0.717, 1.165) is 34.0 Å². The van der Waals surface area contributed by atoms with Crippen molar-refractivity contribution in [3.63, 3.8) is 0 Å². The highest BCUT2D eigenvalue weighted by atomic mass is 16.5. The summed E-state index contributed by atoms with van der Waals surface area (Å²) in [5, 5.41) is 0. The number of para-hydroxylation sites is 2. The minimum atomic E-state index is -0.524. The smallest absolute Gasteiger partial charge is 0.316 e. The first kappa shape index (κ1) is 17.3. The van der Waals surface area contributed by atoms with Crippen LogP contribution in [0.15, 0.2) is 59.5 Å². The number of ether oxygens (including phenoxy) is 2. The third-order valence-corrected chi connectivity index (χ3v) is 5.09. The van der Waals surface area contributed by atoms with Crippen LogP contribution in [-0.4, -0.2) is 36.5 Å². The first-order valence-electron chi connectivity index (χ1n) is 8.84. The molecule has 2 aliphatic rings. The van der Waals surface area contributed by atoms with Gasteiger partial charge in [-0.05, 0) is 37.6 Å². The number of aliphatic imine (C=N–C) groups is 1. The number of carbonyl (C=O) groups is 1. The summed E-state index contributed by atoms with van der Waals surface area (Å²) in [4.78, 5) is 23.8. The molecule has 2 aliphatic heterocycles. The molecular formula is C21H21N3O3. The SMILES string of the molecule is COC(=O)C1C(C)=NC(C)=C(c2cccnc2)C1N1COc2ccccc21. The molecule has 0 spiro atoms. The van der Waals surface area contributed by atoms with Gasteiger partial charge in [0.15, 0.2) is 6.73 Å². The molecule has 0 aliphatic carbocycles. The fourth-order valence-electron chi connectivity index (χ4n) is 3.92. The predicted molar refractivity (Wildman–Crippen MR) is 104 cm³/mol. The number of rotatable bonds is 3. The standard InChI is InChI=1S/C21H21N3O3/c1-13-18(15-7-6-10-22-11-15)20(19(14(2)23-13)21(25)26-3)24-12-27-17-9-5-4-8-16(17)24/h4-11,19-20H,12H2,1-3H3. The molecule has 2 aromatic rings. The summed E-state index contributed by atoms with van der Waals surface area (Å²) in [5.74, 6) is -0.0207. The summed E-state index contributed by atoms with van der Waals surface area (Å²) in [5.41, 5.74) is 4.47. The topological polar surface area (TPSA) is 64.0 Å². The van der Waals surface area contributed by atoms with Gasteiger partial charge in [-0.15, -0.1) is 0 Å². The molecule has 0 amide bonds. The quantitative estimate of drug-likeness (QED) is 0.783. The van der Waals surface area contributed by atoms with E-state index in [-0.39, 0.29) is 12.0 Å². The number of anilines is 1. The lowest BCUT2D eigenvalue weighted by Gasteiger charge is -2.38. The molecule has 0 saturated heterocycles. The van der Waals surface area contributed by atoms with Crippen molar-refractivity contribution >= 4 is 22.9 Å². The molecule has 27 heavy (non-hydrogen) atoms. The predicted octanol–water partition coefficient (Wildman–Crippen LogP) is 3.30. The lowest BCUT2D eigenvalue weighted by Crippen LogP contribution is -2.49. The molecule has 6 heteroatoms. The third kappa shape index (κ3) is 2.87. The van der Waals surface area contributed by atoms with Crippen molar-refractivity contribution in [3.8, 4) is 5.75 Å². The molecule has 0 saturated carbocycles. The maximum Gasteiger partial charge on any atom is 0.316 e. The molecule has 0 bridgehead atoms. The Bertz CT molecular complexity index is 937. The van der Waals surface area contributed by atoms with Gasteiger partial charge in [0.1, 0.15) is 11.7 Å². The van der Waals surface area contributed by atoms with Gasteiger partial charge in [-0.25, -0.2) is 0 Å². The summed E-state index contributed by atoms with van der Waals surface area (Å²) in [7, 11) is 1.41. The second kappa shape index (κ2) is 6.87. The summed E-state index contributed by atoms with van der Waals surface area (Å²) >= 11 is 0. The summed E-state index contributed by atoms with van der Waals surface area (Å²) in [6, 6.07) is 11.4.